The van der Waals surface area contributed by atoms with Gasteiger partial charge in [0.05, 0.1) is 0 Å². The van der Waals surface area contributed by atoms with Gasteiger partial charge in [-0.2, -0.15) is 0 Å². The standard InChI is InChI=1S/C33H34/c1-31(2,3)21-17-19-13-15-23-27-24(16-14-20(18-21)26(19)27)29(32(4,5)6)30-28(23)22-11-9-10-12-25(22)33(30,7)8/h9-18H,1-8H3. The quantitative estimate of drug-likeness (QED) is 0.215. The molecule has 1 aliphatic rings. The first-order valence-electron chi connectivity index (χ1n) is 12.3. The highest BCUT2D eigenvalue weighted by atomic mass is 14.4. The van der Waals surface area contributed by atoms with Crippen molar-refractivity contribution in [2.45, 2.75) is 71.6 Å². The summed E-state index contributed by atoms with van der Waals surface area (Å²) in [7, 11) is 0. The second-order valence-electron chi connectivity index (χ2n) is 12.7. The number of hydrogen-bond acceptors (Lipinski definition) is 0. The highest BCUT2D eigenvalue weighted by molar-refractivity contribution is 6.27. The Balaban J connectivity index is 1.89. The second-order valence-corrected chi connectivity index (χ2v) is 12.7. The summed E-state index contributed by atoms with van der Waals surface area (Å²) < 4.78 is 0. The van der Waals surface area contributed by atoms with Crippen LogP contribution in [0.3, 0.4) is 0 Å². The van der Waals surface area contributed by atoms with Gasteiger partial charge in [-0.05, 0) is 76.5 Å². The fourth-order valence-corrected chi connectivity index (χ4v) is 6.48. The van der Waals surface area contributed by atoms with E-state index in [1.807, 2.05) is 0 Å². The van der Waals surface area contributed by atoms with Crippen molar-refractivity contribution < 1.29 is 0 Å². The molecule has 0 fully saturated rings. The molecule has 0 amide bonds. The average molecular weight is 431 g/mol. The van der Waals surface area contributed by atoms with Crippen molar-refractivity contribution in [3.63, 3.8) is 0 Å². The normalized spacial score (nSPS) is 15.5. The molecule has 0 radical (unpaired) electrons. The maximum Gasteiger partial charge on any atom is 0.0162 e. The summed E-state index contributed by atoms with van der Waals surface area (Å²) in [5.41, 5.74) is 8.93. The Morgan fingerprint density at radius 1 is 0.636 bits per heavy atom. The second kappa shape index (κ2) is 6.17. The van der Waals surface area contributed by atoms with Crippen LogP contribution in [0.1, 0.15) is 77.6 Å². The molecule has 5 aromatic carbocycles. The summed E-state index contributed by atoms with van der Waals surface area (Å²) in [6.45, 7) is 18.9. The third-order valence-electron chi connectivity index (χ3n) is 8.00. The number of fused-ring (bicyclic) bond motifs is 4. The van der Waals surface area contributed by atoms with Crippen LogP contribution < -0.4 is 0 Å². The molecule has 166 valence electrons. The molecular formula is C33H34. The zero-order valence-electron chi connectivity index (χ0n) is 21.3. The van der Waals surface area contributed by atoms with Crippen LogP contribution >= 0.6 is 0 Å². The first-order valence-corrected chi connectivity index (χ1v) is 12.3. The lowest BCUT2D eigenvalue weighted by atomic mass is 9.70. The van der Waals surface area contributed by atoms with E-state index in [9.17, 15) is 0 Å². The van der Waals surface area contributed by atoms with E-state index in [0.29, 0.717) is 0 Å². The molecule has 5 aromatic rings. The predicted octanol–water partition coefficient (Wildman–Crippen LogP) is 9.49. The molecule has 0 unspecified atom stereocenters. The summed E-state index contributed by atoms with van der Waals surface area (Å²) in [6.07, 6.45) is 0. The Morgan fingerprint density at radius 3 is 1.85 bits per heavy atom. The van der Waals surface area contributed by atoms with Crippen molar-refractivity contribution in [1.29, 1.82) is 0 Å². The molecule has 0 atom stereocenters. The fourth-order valence-electron chi connectivity index (χ4n) is 6.48. The van der Waals surface area contributed by atoms with Crippen LogP contribution in [-0.2, 0) is 16.2 Å². The topological polar surface area (TPSA) is 0 Å². The van der Waals surface area contributed by atoms with E-state index >= 15 is 0 Å². The summed E-state index contributed by atoms with van der Waals surface area (Å²) in [5.74, 6) is 0. The van der Waals surface area contributed by atoms with Crippen LogP contribution in [-0.4, -0.2) is 0 Å². The molecule has 33 heavy (non-hydrogen) atoms. The SMILES string of the molecule is CC(C)(C)c1cc2ccc3c4c(c(C(C)(C)C)c5ccc(c1)c2c35)C(C)(C)c1ccccc1-4. The summed E-state index contributed by atoms with van der Waals surface area (Å²) in [4.78, 5) is 0. The molecule has 1 aliphatic carbocycles. The maximum atomic E-state index is 2.42. The Kier molecular flexibility index (Phi) is 3.88. The molecule has 6 rings (SSSR count). The van der Waals surface area contributed by atoms with Crippen LogP contribution in [0.4, 0.5) is 0 Å². The average Bonchev–Trinajstić information content (AvgIpc) is 2.97. The minimum Gasteiger partial charge on any atom is -0.0619 e. The highest BCUT2D eigenvalue weighted by Crippen LogP contribution is 2.57. The van der Waals surface area contributed by atoms with E-state index in [1.165, 1.54) is 65.7 Å². The molecule has 0 aromatic heterocycles. The first-order chi connectivity index (χ1) is 15.4. The van der Waals surface area contributed by atoms with Gasteiger partial charge in [-0.1, -0.05) is 116 Å². The summed E-state index contributed by atoms with van der Waals surface area (Å²) in [6, 6.07) is 23.5. The lowest BCUT2D eigenvalue weighted by molar-refractivity contribution is 0.562. The molecule has 0 heteroatoms. The van der Waals surface area contributed by atoms with E-state index < -0.39 is 0 Å². The van der Waals surface area contributed by atoms with Crippen LogP contribution in [0.5, 0.6) is 0 Å². The van der Waals surface area contributed by atoms with Gasteiger partial charge in [0, 0.05) is 5.41 Å². The molecular weight excluding hydrogens is 396 g/mol. The van der Waals surface area contributed by atoms with Crippen molar-refractivity contribution in [1.82, 2.24) is 0 Å². The zero-order valence-corrected chi connectivity index (χ0v) is 21.3. The van der Waals surface area contributed by atoms with Gasteiger partial charge in [-0.15, -0.1) is 0 Å². The van der Waals surface area contributed by atoms with Gasteiger partial charge >= 0.3 is 0 Å². The number of rotatable bonds is 0. The molecule has 0 aliphatic heterocycles. The minimum atomic E-state index is -0.0155. The van der Waals surface area contributed by atoms with Crippen molar-refractivity contribution in [3.8, 4) is 11.1 Å². The van der Waals surface area contributed by atoms with Gasteiger partial charge < -0.3 is 0 Å². The van der Waals surface area contributed by atoms with E-state index in [2.05, 4.69) is 116 Å². The van der Waals surface area contributed by atoms with Crippen LogP contribution in [0.25, 0.3) is 43.4 Å². The largest absolute Gasteiger partial charge is 0.0619 e. The summed E-state index contributed by atoms with van der Waals surface area (Å²) >= 11 is 0. The first kappa shape index (κ1) is 20.7. The zero-order chi connectivity index (χ0) is 23.5. The molecule has 0 bridgehead atoms. The van der Waals surface area contributed by atoms with Gasteiger partial charge in [0.15, 0.2) is 0 Å². The lowest BCUT2D eigenvalue weighted by Crippen LogP contribution is -2.23. The molecule has 0 nitrogen and oxygen atoms in total. The smallest absolute Gasteiger partial charge is 0.0162 e. The van der Waals surface area contributed by atoms with Gasteiger partial charge in [0.1, 0.15) is 0 Å². The van der Waals surface area contributed by atoms with Crippen molar-refractivity contribution >= 4 is 32.3 Å². The molecule has 0 spiro atoms. The fraction of sp³-hybridized carbons (Fsp3) is 0.333. The van der Waals surface area contributed by atoms with Crippen molar-refractivity contribution in [2.24, 2.45) is 0 Å². The van der Waals surface area contributed by atoms with E-state index in [-0.39, 0.29) is 16.2 Å². The maximum absolute atomic E-state index is 2.42. The number of hydrogen-bond donors (Lipinski definition) is 0. The monoisotopic (exact) mass is 430 g/mol. The third-order valence-corrected chi connectivity index (χ3v) is 8.00. The number of benzene rings is 5. The molecule has 0 N–H and O–H groups in total. The lowest BCUT2D eigenvalue weighted by Gasteiger charge is -2.33. The van der Waals surface area contributed by atoms with Crippen LogP contribution in [0.15, 0.2) is 60.7 Å². The van der Waals surface area contributed by atoms with E-state index in [4.69, 9.17) is 0 Å². The van der Waals surface area contributed by atoms with Gasteiger partial charge in [-0.25, -0.2) is 0 Å². The van der Waals surface area contributed by atoms with Crippen molar-refractivity contribution in [3.05, 3.63) is 82.9 Å². The molecule has 0 heterocycles. The van der Waals surface area contributed by atoms with Crippen LogP contribution in [0, 0.1) is 0 Å². The van der Waals surface area contributed by atoms with Gasteiger partial charge in [-0.3, -0.25) is 0 Å². The van der Waals surface area contributed by atoms with Crippen LogP contribution in [0.2, 0.25) is 0 Å². The molecule has 0 saturated carbocycles. The Bertz CT molecular complexity index is 1560. The Hall–Kier alpha value is -2.86. The van der Waals surface area contributed by atoms with Crippen molar-refractivity contribution in [2.75, 3.05) is 0 Å². The Labute approximate surface area is 198 Å². The van der Waals surface area contributed by atoms with E-state index in [1.54, 1.807) is 0 Å². The Morgan fingerprint density at radius 2 is 1.24 bits per heavy atom. The van der Waals surface area contributed by atoms with Gasteiger partial charge in [0.2, 0.25) is 0 Å². The van der Waals surface area contributed by atoms with Gasteiger partial charge in [0.25, 0.3) is 0 Å². The predicted molar refractivity (Wildman–Crippen MR) is 145 cm³/mol. The third kappa shape index (κ3) is 2.64. The minimum absolute atomic E-state index is 0.0155. The molecule has 0 saturated heterocycles. The highest BCUT2D eigenvalue weighted by Gasteiger charge is 2.41. The van der Waals surface area contributed by atoms with E-state index in [0.717, 1.165) is 0 Å². The summed E-state index contributed by atoms with van der Waals surface area (Å²) in [5, 5.41) is 8.43.